The summed E-state index contributed by atoms with van der Waals surface area (Å²) in [7, 11) is 2.23. The fourth-order valence-corrected chi connectivity index (χ4v) is 4.03. The monoisotopic (exact) mass is 331 g/mol. The van der Waals surface area contributed by atoms with Gasteiger partial charge in [-0.05, 0) is 45.0 Å². The van der Waals surface area contributed by atoms with Crippen molar-refractivity contribution in [2.75, 3.05) is 32.4 Å². The van der Waals surface area contributed by atoms with Crippen LogP contribution in [0.15, 0.2) is 18.3 Å². The number of thiazole rings is 1. The summed E-state index contributed by atoms with van der Waals surface area (Å²) in [4.78, 5) is 14.9. The van der Waals surface area contributed by atoms with Crippen molar-refractivity contribution >= 4 is 16.5 Å². The summed E-state index contributed by atoms with van der Waals surface area (Å²) >= 11 is 1.59. The molecule has 1 aliphatic heterocycles. The number of pyridine rings is 1. The van der Waals surface area contributed by atoms with E-state index in [4.69, 9.17) is 5.73 Å². The average Bonchev–Trinajstić information content (AvgIpc) is 2.87. The molecule has 0 radical (unpaired) electrons. The molecule has 1 aliphatic rings. The number of piperazine rings is 1. The van der Waals surface area contributed by atoms with Gasteiger partial charge in [0.15, 0.2) is 5.13 Å². The summed E-state index contributed by atoms with van der Waals surface area (Å²) < 4.78 is 0. The van der Waals surface area contributed by atoms with Gasteiger partial charge in [0.2, 0.25) is 0 Å². The van der Waals surface area contributed by atoms with E-state index in [-0.39, 0.29) is 0 Å². The summed E-state index contributed by atoms with van der Waals surface area (Å²) in [5.41, 5.74) is 9.34. The van der Waals surface area contributed by atoms with Crippen LogP contribution >= 0.6 is 11.3 Å². The van der Waals surface area contributed by atoms with Gasteiger partial charge in [-0.2, -0.15) is 0 Å². The molecule has 5 nitrogen and oxygen atoms in total. The minimum Gasteiger partial charge on any atom is -0.375 e. The second kappa shape index (κ2) is 6.95. The van der Waals surface area contributed by atoms with Crippen molar-refractivity contribution in [2.45, 2.75) is 32.9 Å². The van der Waals surface area contributed by atoms with Gasteiger partial charge in [0.1, 0.15) is 0 Å². The third-order valence-corrected chi connectivity index (χ3v) is 5.24. The second-order valence-corrected chi connectivity index (χ2v) is 7.64. The van der Waals surface area contributed by atoms with E-state index in [1.54, 1.807) is 11.3 Å². The molecule has 1 atom stereocenters. The quantitative estimate of drug-likeness (QED) is 0.930. The standard InChI is InChI=1S/C17H25N5S/c1-12-6-14(7-13(2)20-12)8-15-10-22(5-4-21(15)3)11-16-9-19-17(18)23-16/h6-7,9,15H,4-5,8,10-11H2,1-3H3,(H2,18,19). The normalized spacial score (nSPS) is 20.0. The number of likely N-dealkylation sites (N-methyl/N-ethyl adjacent to an activating group) is 1. The first-order valence-corrected chi connectivity index (χ1v) is 8.88. The Morgan fingerprint density at radius 3 is 2.65 bits per heavy atom. The summed E-state index contributed by atoms with van der Waals surface area (Å²) in [5.74, 6) is 0. The predicted octanol–water partition coefficient (Wildman–Crippen LogP) is 2.10. The van der Waals surface area contributed by atoms with Crippen molar-refractivity contribution < 1.29 is 0 Å². The zero-order valence-electron chi connectivity index (χ0n) is 14.1. The largest absolute Gasteiger partial charge is 0.375 e. The first-order valence-electron chi connectivity index (χ1n) is 8.06. The molecule has 3 heterocycles. The lowest BCUT2D eigenvalue weighted by Gasteiger charge is -2.39. The maximum atomic E-state index is 5.74. The molecule has 0 bridgehead atoms. The molecule has 23 heavy (non-hydrogen) atoms. The summed E-state index contributed by atoms with van der Waals surface area (Å²) in [6, 6.07) is 4.96. The molecule has 0 aromatic carbocycles. The minimum absolute atomic E-state index is 0.537. The van der Waals surface area contributed by atoms with Crippen LogP contribution in [0.4, 0.5) is 5.13 Å². The Kier molecular flexibility index (Phi) is 4.94. The highest BCUT2D eigenvalue weighted by Crippen LogP contribution is 2.20. The Balaban J connectivity index is 1.65. The fourth-order valence-electron chi connectivity index (χ4n) is 3.30. The van der Waals surface area contributed by atoms with Gasteiger partial charge in [-0.15, -0.1) is 11.3 Å². The van der Waals surface area contributed by atoms with Crippen LogP contribution in [-0.2, 0) is 13.0 Å². The fraction of sp³-hybridized carbons (Fsp3) is 0.529. The van der Waals surface area contributed by atoms with Gasteiger partial charge < -0.3 is 10.6 Å². The number of hydrogen-bond donors (Lipinski definition) is 1. The number of hydrogen-bond acceptors (Lipinski definition) is 6. The maximum Gasteiger partial charge on any atom is 0.180 e. The number of aromatic nitrogens is 2. The van der Waals surface area contributed by atoms with E-state index >= 15 is 0 Å². The summed E-state index contributed by atoms with van der Waals surface area (Å²) in [5, 5.41) is 0.661. The lowest BCUT2D eigenvalue weighted by atomic mass is 10.0. The molecule has 0 amide bonds. The van der Waals surface area contributed by atoms with Crippen LogP contribution < -0.4 is 5.73 Å². The van der Waals surface area contributed by atoms with Crippen LogP contribution in [0, 0.1) is 13.8 Å². The molecule has 2 aromatic heterocycles. The zero-order valence-corrected chi connectivity index (χ0v) is 14.9. The molecule has 0 aliphatic carbocycles. The van der Waals surface area contributed by atoms with Crippen LogP contribution in [-0.4, -0.2) is 52.5 Å². The van der Waals surface area contributed by atoms with Crippen molar-refractivity contribution in [3.05, 3.63) is 40.2 Å². The maximum absolute atomic E-state index is 5.74. The van der Waals surface area contributed by atoms with Gasteiger partial charge in [-0.1, -0.05) is 0 Å². The van der Waals surface area contributed by atoms with E-state index in [1.165, 1.54) is 10.4 Å². The number of nitrogen functional groups attached to an aromatic ring is 1. The molecule has 124 valence electrons. The third-order valence-electron chi connectivity index (χ3n) is 4.42. The first-order chi connectivity index (χ1) is 11.0. The Morgan fingerprint density at radius 1 is 1.26 bits per heavy atom. The molecule has 0 saturated carbocycles. The number of anilines is 1. The van der Waals surface area contributed by atoms with Gasteiger partial charge >= 0.3 is 0 Å². The van der Waals surface area contributed by atoms with Crippen LogP contribution in [0.25, 0.3) is 0 Å². The van der Waals surface area contributed by atoms with Crippen molar-refractivity contribution in [3.63, 3.8) is 0 Å². The van der Waals surface area contributed by atoms with Crippen molar-refractivity contribution in [1.29, 1.82) is 0 Å². The predicted molar refractivity (Wildman–Crippen MR) is 95.6 cm³/mol. The molecule has 2 aromatic rings. The second-order valence-electron chi connectivity index (χ2n) is 6.50. The van der Waals surface area contributed by atoms with E-state index in [1.807, 2.05) is 6.20 Å². The smallest absolute Gasteiger partial charge is 0.180 e. The van der Waals surface area contributed by atoms with Crippen LogP contribution in [0.5, 0.6) is 0 Å². The van der Waals surface area contributed by atoms with E-state index < -0.39 is 0 Å². The summed E-state index contributed by atoms with van der Waals surface area (Å²) in [6.45, 7) is 8.37. The number of nitrogens with two attached hydrogens (primary N) is 1. The van der Waals surface area contributed by atoms with Crippen LogP contribution in [0.1, 0.15) is 21.8 Å². The van der Waals surface area contributed by atoms with E-state index in [9.17, 15) is 0 Å². The Hall–Kier alpha value is -1.50. The Labute approximate surface area is 142 Å². The molecule has 1 saturated heterocycles. The van der Waals surface area contributed by atoms with Gasteiger partial charge in [-0.3, -0.25) is 9.88 Å². The molecule has 2 N–H and O–H groups in total. The van der Waals surface area contributed by atoms with Crippen molar-refractivity contribution in [2.24, 2.45) is 0 Å². The molecule has 0 spiro atoms. The van der Waals surface area contributed by atoms with Crippen molar-refractivity contribution in [1.82, 2.24) is 19.8 Å². The molecular weight excluding hydrogens is 306 g/mol. The third kappa shape index (κ3) is 4.28. The highest BCUT2D eigenvalue weighted by atomic mass is 32.1. The Morgan fingerprint density at radius 2 is 2.00 bits per heavy atom. The lowest BCUT2D eigenvalue weighted by molar-refractivity contribution is 0.0911. The molecule has 6 heteroatoms. The van der Waals surface area contributed by atoms with Gasteiger partial charge in [-0.25, -0.2) is 4.98 Å². The number of aryl methyl sites for hydroxylation is 2. The molecule has 1 fully saturated rings. The van der Waals surface area contributed by atoms with Crippen LogP contribution in [0.3, 0.4) is 0 Å². The van der Waals surface area contributed by atoms with Crippen molar-refractivity contribution in [3.8, 4) is 0 Å². The number of rotatable bonds is 4. The SMILES string of the molecule is Cc1cc(CC2CN(Cc3cnc(N)s3)CCN2C)cc(C)n1. The van der Waals surface area contributed by atoms with E-state index in [0.29, 0.717) is 11.2 Å². The highest BCUT2D eigenvalue weighted by molar-refractivity contribution is 7.15. The molecule has 3 rings (SSSR count). The minimum atomic E-state index is 0.537. The molecular formula is C17H25N5S. The van der Waals surface area contributed by atoms with Gasteiger partial charge in [0.25, 0.3) is 0 Å². The Bertz CT molecular complexity index is 649. The van der Waals surface area contributed by atoms with E-state index in [0.717, 1.165) is 44.0 Å². The van der Waals surface area contributed by atoms with Gasteiger partial charge in [0, 0.05) is 54.7 Å². The average molecular weight is 331 g/mol. The number of nitrogens with zero attached hydrogens (tertiary/aromatic N) is 4. The van der Waals surface area contributed by atoms with Crippen LogP contribution in [0.2, 0.25) is 0 Å². The van der Waals surface area contributed by atoms with E-state index in [2.05, 4.69) is 52.8 Å². The van der Waals surface area contributed by atoms with Gasteiger partial charge in [0.05, 0.1) is 0 Å². The highest BCUT2D eigenvalue weighted by Gasteiger charge is 2.25. The zero-order chi connectivity index (χ0) is 16.4. The summed E-state index contributed by atoms with van der Waals surface area (Å²) in [6.07, 6.45) is 2.98. The topological polar surface area (TPSA) is 58.3 Å². The first kappa shape index (κ1) is 16.4. The lowest BCUT2D eigenvalue weighted by Crippen LogP contribution is -2.51. The molecule has 1 unspecified atom stereocenters.